The fourth-order valence-corrected chi connectivity index (χ4v) is 1.84. The largest absolute Gasteiger partial charge is 0.465 e. The van der Waals surface area contributed by atoms with Crippen LogP contribution in [0.3, 0.4) is 0 Å². The molecule has 4 heteroatoms. The van der Waals surface area contributed by atoms with E-state index >= 15 is 0 Å². The maximum atomic E-state index is 11.8. The van der Waals surface area contributed by atoms with Gasteiger partial charge in [-0.15, -0.1) is 0 Å². The van der Waals surface area contributed by atoms with E-state index in [1.807, 2.05) is 0 Å². The standard InChI is InChI=1S/C12H18N2O2/c1-4-11-9(7-16-12(11)15)5-10-6-13-8(2)14(10)3/h6,9,11H,4-5,7H2,1-3H3/t9-,11-/m0/s1/i1D3,6D,11D. The topological polar surface area (TPSA) is 44.1 Å². The molecule has 1 aromatic heterocycles. The molecule has 0 saturated carbocycles. The van der Waals surface area contributed by atoms with Crippen LogP contribution in [0.25, 0.3) is 0 Å². The molecule has 0 amide bonds. The minimum atomic E-state index is -2.38. The molecule has 1 aliphatic heterocycles. The summed E-state index contributed by atoms with van der Waals surface area (Å²) in [5.41, 5.74) is 0.581. The second-order valence-corrected chi connectivity index (χ2v) is 3.98. The molecule has 0 spiro atoms. The predicted octanol–water partition coefficient (Wildman–Crippen LogP) is 1.47. The number of carbonyl (C=O) groups is 1. The molecule has 0 N–H and O–H groups in total. The van der Waals surface area contributed by atoms with Crippen LogP contribution >= 0.6 is 0 Å². The first kappa shape index (κ1) is 6.42. The van der Waals surface area contributed by atoms with Gasteiger partial charge in [-0.25, -0.2) is 4.98 Å². The summed E-state index contributed by atoms with van der Waals surface area (Å²) in [6, 6.07) is 0. The van der Waals surface area contributed by atoms with Crippen molar-refractivity contribution in [3.63, 3.8) is 0 Å². The number of aromatic nitrogens is 2. The molecule has 1 saturated heterocycles. The number of cyclic esters (lactones) is 1. The van der Waals surface area contributed by atoms with Crippen molar-refractivity contribution in [2.24, 2.45) is 18.9 Å². The van der Waals surface area contributed by atoms with Gasteiger partial charge in [0.15, 0.2) is 0 Å². The zero-order valence-electron chi connectivity index (χ0n) is 14.4. The van der Waals surface area contributed by atoms with Gasteiger partial charge in [-0.05, 0) is 19.8 Å². The Morgan fingerprint density at radius 2 is 2.69 bits per heavy atom. The number of esters is 1. The van der Waals surface area contributed by atoms with E-state index in [-0.39, 0.29) is 19.2 Å². The number of nitrogens with zero attached hydrogens (tertiary/aromatic N) is 2. The maximum absolute atomic E-state index is 11.8. The zero-order valence-corrected chi connectivity index (χ0v) is 9.41. The van der Waals surface area contributed by atoms with E-state index in [2.05, 4.69) is 4.98 Å². The van der Waals surface area contributed by atoms with Gasteiger partial charge in [-0.2, -0.15) is 0 Å². The molecular formula is C12H18N2O2. The first-order valence-electron chi connectivity index (χ1n) is 7.70. The van der Waals surface area contributed by atoms with Gasteiger partial charge in [0.1, 0.15) is 5.82 Å². The zero-order chi connectivity index (χ0) is 16.0. The maximum Gasteiger partial charge on any atom is 0.309 e. The molecule has 16 heavy (non-hydrogen) atoms. The number of ether oxygens (including phenoxy) is 1. The Kier molecular flexibility index (Phi) is 1.72. The van der Waals surface area contributed by atoms with Crippen LogP contribution in [-0.4, -0.2) is 22.1 Å². The van der Waals surface area contributed by atoms with E-state index < -0.39 is 31.1 Å². The summed E-state index contributed by atoms with van der Waals surface area (Å²) in [5, 5.41) is 0. The van der Waals surface area contributed by atoms with Crippen molar-refractivity contribution < 1.29 is 16.4 Å². The van der Waals surface area contributed by atoms with E-state index in [0.29, 0.717) is 11.5 Å². The van der Waals surface area contributed by atoms with Crippen molar-refractivity contribution in [1.29, 1.82) is 0 Å². The molecular weight excluding hydrogens is 204 g/mol. The molecule has 2 heterocycles. The lowest BCUT2D eigenvalue weighted by atomic mass is 9.89. The molecule has 2 rings (SSSR count). The summed E-state index contributed by atoms with van der Waals surface area (Å²) in [6.07, 6.45) is -0.236. The van der Waals surface area contributed by atoms with Gasteiger partial charge in [0.25, 0.3) is 0 Å². The third-order valence-corrected chi connectivity index (χ3v) is 3.04. The minimum absolute atomic E-state index is 0.00206. The average molecular weight is 227 g/mol. The smallest absolute Gasteiger partial charge is 0.309 e. The SMILES string of the molecule is [2H]c1nc(C)n(C)c1C[C@H]1COC(=O)[C@@]1([2H])CC([2H])([2H])[2H]. The summed E-state index contributed by atoms with van der Waals surface area (Å²) in [7, 11) is 1.75. The van der Waals surface area contributed by atoms with Crippen LogP contribution < -0.4 is 0 Å². The highest BCUT2D eigenvalue weighted by Crippen LogP contribution is 2.28. The highest BCUT2D eigenvalue weighted by atomic mass is 16.5. The van der Waals surface area contributed by atoms with E-state index in [0.717, 1.165) is 0 Å². The lowest BCUT2D eigenvalue weighted by Gasteiger charge is -2.13. The van der Waals surface area contributed by atoms with Crippen molar-refractivity contribution in [3.8, 4) is 0 Å². The molecule has 0 bridgehead atoms. The van der Waals surface area contributed by atoms with Gasteiger partial charge in [0.2, 0.25) is 0 Å². The van der Waals surface area contributed by atoms with Crippen LogP contribution in [0.5, 0.6) is 0 Å². The second-order valence-electron chi connectivity index (χ2n) is 3.98. The van der Waals surface area contributed by atoms with Crippen LogP contribution in [0.1, 0.15) is 31.6 Å². The molecule has 0 unspecified atom stereocenters. The van der Waals surface area contributed by atoms with Crippen LogP contribution in [0.2, 0.25) is 0 Å². The molecule has 2 atom stereocenters. The molecule has 1 aliphatic rings. The van der Waals surface area contributed by atoms with Crippen molar-refractivity contribution in [2.45, 2.75) is 26.6 Å². The molecule has 4 nitrogen and oxygen atoms in total. The lowest BCUT2D eigenvalue weighted by molar-refractivity contribution is -0.141. The van der Waals surface area contributed by atoms with Crippen molar-refractivity contribution >= 4 is 5.97 Å². The number of hydrogen-bond acceptors (Lipinski definition) is 3. The number of aryl methyl sites for hydroxylation is 1. The summed E-state index contributed by atoms with van der Waals surface area (Å²) in [5.74, 6) is -2.53. The second kappa shape index (κ2) is 4.28. The fourth-order valence-electron chi connectivity index (χ4n) is 1.84. The van der Waals surface area contributed by atoms with Gasteiger partial charge in [0.05, 0.1) is 13.9 Å². The Labute approximate surface area is 103 Å². The van der Waals surface area contributed by atoms with Crippen molar-refractivity contribution in [3.05, 3.63) is 17.7 Å². The number of rotatable bonds is 3. The number of hydrogen-bond donors (Lipinski definition) is 0. The fraction of sp³-hybridized carbons (Fsp3) is 0.667. The summed E-state index contributed by atoms with van der Waals surface area (Å²) >= 11 is 0. The molecule has 0 aromatic carbocycles. The first-order chi connectivity index (χ1) is 9.54. The van der Waals surface area contributed by atoms with Gasteiger partial charge < -0.3 is 9.30 Å². The highest BCUT2D eigenvalue weighted by Gasteiger charge is 2.35. The Hall–Kier alpha value is -1.32. The Bertz CT molecular complexity index is 569. The van der Waals surface area contributed by atoms with E-state index in [1.165, 1.54) is 0 Å². The third kappa shape index (κ3) is 1.84. The minimum Gasteiger partial charge on any atom is -0.465 e. The molecule has 0 aliphatic carbocycles. The summed E-state index contributed by atoms with van der Waals surface area (Å²) in [4.78, 5) is 15.8. The number of carbonyl (C=O) groups excluding carboxylic acids is 1. The number of imidazole rings is 1. The monoisotopic (exact) mass is 227 g/mol. The van der Waals surface area contributed by atoms with Crippen molar-refractivity contribution in [2.75, 3.05) is 6.61 Å². The van der Waals surface area contributed by atoms with Gasteiger partial charge in [-0.3, -0.25) is 4.79 Å². The Morgan fingerprint density at radius 1 is 1.88 bits per heavy atom. The van der Waals surface area contributed by atoms with Crippen LogP contribution in [0, 0.1) is 18.7 Å². The van der Waals surface area contributed by atoms with Gasteiger partial charge in [0, 0.05) is 30.3 Å². The predicted molar refractivity (Wildman–Crippen MR) is 59.9 cm³/mol. The lowest BCUT2D eigenvalue weighted by Crippen LogP contribution is -2.18. The third-order valence-electron chi connectivity index (χ3n) is 3.04. The Morgan fingerprint density at radius 3 is 3.31 bits per heavy atom. The average Bonchev–Trinajstić information content (AvgIpc) is 2.71. The summed E-state index contributed by atoms with van der Waals surface area (Å²) in [6.45, 7) is -0.619. The van der Waals surface area contributed by atoms with E-state index in [1.54, 1.807) is 18.5 Å². The van der Waals surface area contributed by atoms with Crippen molar-refractivity contribution in [1.82, 2.24) is 9.55 Å². The molecule has 1 aromatic rings. The summed E-state index contributed by atoms with van der Waals surface area (Å²) < 4.78 is 44.7. The highest BCUT2D eigenvalue weighted by molar-refractivity contribution is 5.74. The molecule has 1 fully saturated rings. The van der Waals surface area contributed by atoms with Gasteiger partial charge >= 0.3 is 5.97 Å². The quantitative estimate of drug-likeness (QED) is 0.734. The Balaban J connectivity index is 2.28. The molecule has 88 valence electrons. The van der Waals surface area contributed by atoms with E-state index in [9.17, 15) is 4.79 Å². The normalized spacial score (nSPS) is 34.8. The van der Waals surface area contributed by atoms with Crippen LogP contribution in [0.4, 0.5) is 0 Å². The van der Waals surface area contributed by atoms with Crippen LogP contribution in [0.15, 0.2) is 6.17 Å². The van der Waals surface area contributed by atoms with E-state index in [4.69, 9.17) is 11.6 Å². The molecule has 0 radical (unpaired) electrons. The van der Waals surface area contributed by atoms with Gasteiger partial charge in [-0.1, -0.05) is 6.85 Å². The van der Waals surface area contributed by atoms with Crippen LogP contribution in [-0.2, 0) is 23.0 Å². The first-order valence-corrected chi connectivity index (χ1v) is 5.20.